The molecule has 0 atom stereocenters. The van der Waals surface area contributed by atoms with Crippen molar-refractivity contribution in [3.05, 3.63) is 109 Å². The van der Waals surface area contributed by atoms with Crippen LogP contribution in [0.5, 0.6) is 5.75 Å². The number of phenolic OH excluding ortho intramolecular Hbond substituents is 1. The first-order valence-electron chi connectivity index (χ1n) is 9.90. The number of hydrogen-bond acceptors (Lipinski definition) is 3. The molecule has 0 bridgehead atoms. The van der Waals surface area contributed by atoms with Gasteiger partial charge in [-0.05, 0) is 48.5 Å². The first-order valence-corrected chi connectivity index (χ1v) is 13.2. The third-order valence-electron chi connectivity index (χ3n) is 5.34. The van der Waals surface area contributed by atoms with Gasteiger partial charge in [-0.1, -0.05) is 60.7 Å². The zero-order valence-electron chi connectivity index (χ0n) is 17.1. The molecule has 0 amide bonds. The van der Waals surface area contributed by atoms with Gasteiger partial charge in [-0.3, -0.25) is 0 Å². The van der Waals surface area contributed by atoms with Crippen LogP contribution in [0.15, 0.2) is 114 Å². The minimum absolute atomic E-state index is 0.0802. The molecule has 4 aromatic carbocycles. The van der Waals surface area contributed by atoms with E-state index in [9.17, 15) is 26.7 Å². The zero-order chi connectivity index (χ0) is 23.7. The lowest BCUT2D eigenvalue weighted by Gasteiger charge is -2.29. The lowest BCUT2D eigenvalue weighted by Crippen LogP contribution is -2.41. The maximum absolute atomic E-state index is 13.8. The first-order chi connectivity index (χ1) is 15.7. The highest BCUT2D eigenvalue weighted by Crippen LogP contribution is 2.56. The fourth-order valence-electron chi connectivity index (χ4n) is 3.99. The Labute approximate surface area is 190 Å². The number of rotatable bonds is 5. The Bertz CT molecular complexity index is 1260. The predicted octanol–water partition coefficient (Wildman–Crippen LogP) is 4.31. The monoisotopic (exact) mass is 487 g/mol. The molecular formula is C25H19F3O3PS+. The highest BCUT2D eigenvalue weighted by atomic mass is 32.2. The van der Waals surface area contributed by atoms with Crippen LogP contribution in [-0.4, -0.2) is 19.0 Å². The summed E-state index contributed by atoms with van der Waals surface area (Å²) in [6.07, 6.45) is 0. The predicted molar refractivity (Wildman–Crippen MR) is 126 cm³/mol. The fourth-order valence-corrected chi connectivity index (χ4v) is 9.99. The maximum atomic E-state index is 13.8. The van der Waals surface area contributed by atoms with E-state index in [0.29, 0.717) is 15.9 Å². The lowest BCUT2D eigenvalue weighted by atomic mass is 10.3. The van der Waals surface area contributed by atoms with Crippen molar-refractivity contribution in [2.24, 2.45) is 0 Å². The minimum atomic E-state index is -5.87. The number of aromatic hydroxyl groups is 1. The van der Waals surface area contributed by atoms with Gasteiger partial charge in [0.2, 0.25) is 0 Å². The molecule has 0 saturated carbocycles. The molecule has 8 heteroatoms. The van der Waals surface area contributed by atoms with Crippen molar-refractivity contribution in [1.82, 2.24) is 0 Å². The number of sulfone groups is 1. The van der Waals surface area contributed by atoms with Crippen LogP contribution >= 0.6 is 7.26 Å². The molecule has 3 nitrogen and oxygen atoms in total. The highest BCUT2D eigenvalue weighted by Gasteiger charge is 2.56. The molecule has 0 unspecified atom stereocenters. The van der Waals surface area contributed by atoms with Crippen LogP contribution in [0.2, 0.25) is 0 Å². The number of benzene rings is 4. The van der Waals surface area contributed by atoms with Crippen LogP contribution in [0, 0.1) is 0 Å². The van der Waals surface area contributed by atoms with E-state index in [1.165, 1.54) is 12.1 Å². The molecule has 0 aliphatic rings. The molecule has 0 aliphatic heterocycles. The Morgan fingerprint density at radius 3 is 1.36 bits per heavy atom. The van der Waals surface area contributed by atoms with Gasteiger partial charge in [0.25, 0.3) is 9.84 Å². The second kappa shape index (κ2) is 8.65. The number of alkyl halides is 3. The summed E-state index contributed by atoms with van der Waals surface area (Å²) >= 11 is 0. The minimum Gasteiger partial charge on any atom is -0.506 e. The average molecular weight is 487 g/mol. The van der Waals surface area contributed by atoms with Crippen LogP contribution in [0.1, 0.15) is 0 Å². The Hall–Kier alpha value is -3.15. The number of halogens is 3. The zero-order valence-corrected chi connectivity index (χ0v) is 18.9. The van der Waals surface area contributed by atoms with Gasteiger partial charge < -0.3 is 5.11 Å². The molecule has 168 valence electrons. The Balaban J connectivity index is 2.26. The number of phenols is 1. The largest absolute Gasteiger partial charge is 0.506 e. The molecule has 1 N–H and O–H groups in total. The van der Waals surface area contributed by atoms with Gasteiger partial charge in [0.1, 0.15) is 34.2 Å². The van der Waals surface area contributed by atoms with Gasteiger partial charge in [0.15, 0.2) is 4.90 Å². The summed E-state index contributed by atoms with van der Waals surface area (Å²) in [5, 5.41) is 12.4. The molecule has 0 radical (unpaired) electrons. The summed E-state index contributed by atoms with van der Waals surface area (Å²) in [5.41, 5.74) is -5.58. The van der Waals surface area contributed by atoms with E-state index in [2.05, 4.69) is 0 Å². The van der Waals surface area contributed by atoms with Crippen LogP contribution in [0.3, 0.4) is 0 Å². The van der Waals surface area contributed by atoms with E-state index in [1.54, 1.807) is 91.0 Å². The Morgan fingerprint density at radius 1 is 0.606 bits per heavy atom. The van der Waals surface area contributed by atoms with Gasteiger partial charge in [-0.15, -0.1) is 0 Å². The summed E-state index contributed by atoms with van der Waals surface area (Å²) in [5.74, 6) is -0.933. The molecule has 0 aromatic heterocycles. The lowest BCUT2D eigenvalue weighted by molar-refractivity contribution is -0.0436. The van der Waals surface area contributed by atoms with E-state index in [-0.39, 0.29) is 5.30 Å². The van der Waals surface area contributed by atoms with Gasteiger partial charge in [0.05, 0.1) is 0 Å². The summed E-state index contributed by atoms with van der Waals surface area (Å²) in [7, 11) is -9.04. The summed E-state index contributed by atoms with van der Waals surface area (Å²) in [6, 6.07) is 30.3. The molecule has 33 heavy (non-hydrogen) atoms. The van der Waals surface area contributed by atoms with Crippen molar-refractivity contribution in [3.63, 3.8) is 0 Å². The van der Waals surface area contributed by atoms with Crippen LogP contribution in [0.4, 0.5) is 13.2 Å². The molecular weight excluding hydrogens is 468 g/mol. The topological polar surface area (TPSA) is 54.4 Å². The molecule has 0 aliphatic carbocycles. The van der Waals surface area contributed by atoms with Crippen molar-refractivity contribution in [3.8, 4) is 5.75 Å². The van der Waals surface area contributed by atoms with Gasteiger partial charge in [0, 0.05) is 0 Å². The molecule has 4 rings (SSSR count). The van der Waals surface area contributed by atoms with Crippen molar-refractivity contribution in [2.75, 3.05) is 0 Å². The van der Waals surface area contributed by atoms with E-state index >= 15 is 0 Å². The van der Waals surface area contributed by atoms with Gasteiger partial charge >= 0.3 is 5.51 Å². The second-order valence-corrected chi connectivity index (χ2v) is 12.5. The van der Waals surface area contributed by atoms with Crippen LogP contribution in [-0.2, 0) is 9.84 Å². The molecule has 0 saturated heterocycles. The van der Waals surface area contributed by atoms with Crippen LogP contribution in [0.25, 0.3) is 0 Å². The van der Waals surface area contributed by atoms with Crippen molar-refractivity contribution >= 4 is 38.3 Å². The standard InChI is InChI=1S/C25H18F3O3PS/c26-25(27,28)33(30,31)24-22(29)17-10-18-23(24)32(19-11-4-1-5-12-19,20-13-6-2-7-14-20)21-15-8-3-9-16-21/h1-18H/p+1. The molecule has 0 heterocycles. The van der Waals surface area contributed by atoms with Crippen LogP contribution < -0.4 is 21.2 Å². The maximum Gasteiger partial charge on any atom is 0.502 e. The highest BCUT2D eigenvalue weighted by molar-refractivity contribution is 8.02. The van der Waals surface area contributed by atoms with E-state index in [4.69, 9.17) is 0 Å². The normalized spacial score (nSPS) is 12.5. The van der Waals surface area contributed by atoms with E-state index in [1.807, 2.05) is 0 Å². The smallest absolute Gasteiger partial charge is 0.502 e. The first kappa shape index (κ1) is 23.0. The van der Waals surface area contributed by atoms with E-state index in [0.717, 1.165) is 6.07 Å². The summed E-state index contributed by atoms with van der Waals surface area (Å²) < 4.78 is 66.9. The quantitative estimate of drug-likeness (QED) is 0.427. The van der Waals surface area contributed by atoms with E-state index < -0.39 is 33.3 Å². The SMILES string of the molecule is O=S(=O)(c1c(O)cccc1[P+](c1ccccc1)(c1ccccc1)c1ccccc1)C(F)(F)F. The Kier molecular flexibility index (Phi) is 6.04. The van der Waals surface area contributed by atoms with Gasteiger partial charge in [-0.2, -0.15) is 13.2 Å². The van der Waals surface area contributed by atoms with Crippen molar-refractivity contribution in [2.45, 2.75) is 10.4 Å². The molecule has 0 spiro atoms. The average Bonchev–Trinajstić information content (AvgIpc) is 2.81. The van der Waals surface area contributed by atoms with Crippen molar-refractivity contribution in [1.29, 1.82) is 0 Å². The molecule has 4 aromatic rings. The number of hydrogen-bond donors (Lipinski definition) is 1. The van der Waals surface area contributed by atoms with Gasteiger partial charge in [-0.25, -0.2) is 8.42 Å². The fraction of sp³-hybridized carbons (Fsp3) is 0.0400. The summed E-state index contributed by atoms with van der Waals surface area (Å²) in [4.78, 5) is -1.11. The molecule has 0 fully saturated rings. The third kappa shape index (κ3) is 3.81. The third-order valence-corrected chi connectivity index (χ3v) is 11.4. The van der Waals surface area contributed by atoms with Crippen molar-refractivity contribution < 1.29 is 26.7 Å². The summed E-state index contributed by atoms with van der Waals surface area (Å²) in [6.45, 7) is 0. The Morgan fingerprint density at radius 2 is 1.00 bits per heavy atom. The second-order valence-electron chi connectivity index (χ2n) is 7.25.